The van der Waals surface area contributed by atoms with E-state index in [9.17, 15) is 13.2 Å². The fourth-order valence-electron chi connectivity index (χ4n) is 3.70. The van der Waals surface area contributed by atoms with Crippen molar-refractivity contribution in [1.29, 1.82) is 0 Å². The number of rotatable bonds is 7. The molecule has 162 valence electrons. The van der Waals surface area contributed by atoms with Gasteiger partial charge in [-0.05, 0) is 52.0 Å². The van der Waals surface area contributed by atoms with Gasteiger partial charge in [-0.3, -0.25) is 0 Å². The van der Waals surface area contributed by atoms with Crippen molar-refractivity contribution in [3.63, 3.8) is 0 Å². The number of sulfonamides is 1. The average molecular weight is 433 g/mol. The van der Waals surface area contributed by atoms with E-state index in [2.05, 4.69) is 9.55 Å². The monoisotopic (exact) mass is 432 g/mol. The first kappa shape index (κ1) is 22.0. The molecule has 1 aromatic carbocycles. The Morgan fingerprint density at radius 2 is 1.77 bits per heavy atom. The second-order valence-electron chi connectivity index (χ2n) is 7.32. The molecule has 0 unspecified atom stereocenters. The second kappa shape index (κ2) is 8.23. The first-order valence-corrected chi connectivity index (χ1v) is 11.3. The van der Waals surface area contributed by atoms with E-state index in [1.165, 1.54) is 18.4 Å². The van der Waals surface area contributed by atoms with E-state index in [1.807, 2.05) is 38.3 Å². The van der Waals surface area contributed by atoms with Gasteiger partial charge in [0.05, 0.1) is 21.5 Å². The minimum atomic E-state index is -3.55. The van der Waals surface area contributed by atoms with Crippen LogP contribution in [-0.4, -0.2) is 46.9 Å². The number of imidazole rings is 1. The van der Waals surface area contributed by atoms with Gasteiger partial charge < -0.3 is 13.9 Å². The van der Waals surface area contributed by atoms with Gasteiger partial charge in [-0.2, -0.15) is 0 Å². The molecule has 0 saturated carbocycles. The zero-order chi connectivity index (χ0) is 22.2. The maximum absolute atomic E-state index is 12.6. The molecular formula is C21H28N4O4S. The standard InChI is InChI=1S/C21H28N4O4S/c1-7-24-14(3)11-17(15(24)4)21(26)29-13-20-22-18-12-16(30(27,28)23(5)6)9-10-19(18)25(20)8-2/h9-12H,7-8,13H2,1-6H3. The third-order valence-corrected chi connectivity index (χ3v) is 7.15. The number of carbonyl (C=O) groups excluding carboxylic acids is 1. The maximum atomic E-state index is 12.6. The highest BCUT2D eigenvalue weighted by Crippen LogP contribution is 2.23. The predicted molar refractivity (Wildman–Crippen MR) is 115 cm³/mol. The van der Waals surface area contributed by atoms with Crippen LogP contribution in [0.2, 0.25) is 0 Å². The number of fused-ring (bicyclic) bond motifs is 1. The summed E-state index contributed by atoms with van der Waals surface area (Å²) < 4.78 is 35.5. The summed E-state index contributed by atoms with van der Waals surface area (Å²) in [6.07, 6.45) is 0. The van der Waals surface area contributed by atoms with E-state index in [1.54, 1.807) is 18.2 Å². The fraction of sp³-hybridized carbons (Fsp3) is 0.429. The summed E-state index contributed by atoms with van der Waals surface area (Å²) in [4.78, 5) is 17.4. The number of nitrogens with zero attached hydrogens (tertiary/aromatic N) is 4. The molecule has 3 rings (SSSR count). The molecule has 0 fully saturated rings. The van der Waals surface area contributed by atoms with Crippen LogP contribution >= 0.6 is 0 Å². The molecule has 0 radical (unpaired) electrons. The van der Waals surface area contributed by atoms with Crippen LogP contribution in [-0.2, 0) is 34.5 Å². The van der Waals surface area contributed by atoms with Gasteiger partial charge in [-0.15, -0.1) is 0 Å². The van der Waals surface area contributed by atoms with Crippen molar-refractivity contribution in [2.75, 3.05) is 14.1 Å². The molecule has 30 heavy (non-hydrogen) atoms. The van der Waals surface area contributed by atoms with Crippen LogP contribution in [0, 0.1) is 13.8 Å². The third kappa shape index (κ3) is 3.75. The molecule has 0 aliphatic carbocycles. The predicted octanol–water partition coefficient (Wildman–Crippen LogP) is 3.10. The minimum absolute atomic E-state index is 0.00686. The lowest BCUT2D eigenvalue weighted by Crippen LogP contribution is -2.22. The molecule has 0 aliphatic rings. The molecule has 0 bridgehead atoms. The Morgan fingerprint density at radius 1 is 1.10 bits per heavy atom. The van der Waals surface area contributed by atoms with E-state index < -0.39 is 16.0 Å². The van der Waals surface area contributed by atoms with E-state index >= 15 is 0 Å². The van der Waals surface area contributed by atoms with E-state index in [4.69, 9.17) is 4.74 Å². The van der Waals surface area contributed by atoms with Gasteiger partial charge in [0.2, 0.25) is 10.0 Å². The number of aryl methyl sites for hydroxylation is 2. The summed E-state index contributed by atoms with van der Waals surface area (Å²) in [6, 6.07) is 6.70. The Kier molecular flexibility index (Phi) is 6.05. The first-order chi connectivity index (χ1) is 14.1. The lowest BCUT2D eigenvalue weighted by Gasteiger charge is -2.11. The molecule has 0 saturated heterocycles. The molecule has 2 heterocycles. The zero-order valence-corrected chi connectivity index (χ0v) is 19.1. The van der Waals surface area contributed by atoms with Crippen molar-refractivity contribution in [3.05, 3.63) is 47.0 Å². The Balaban J connectivity index is 1.90. The summed E-state index contributed by atoms with van der Waals surface area (Å²) in [5.74, 6) is 0.179. The third-order valence-electron chi connectivity index (χ3n) is 5.34. The lowest BCUT2D eigenvalue weighted by atomic mass is 10.2. The number of aromatic nitrogens is 3. The normalized spacial score (nSPS) is 12.1. The summed E-state index contributed by atoms with van der Waals surface area (Å²) in [5, 5.41) is 0. The van der Waals surface area contributed by atoms with Gasteiger partial charge >= 0.3 is 5.97 Å². The van der Waals surface area contributed by atoms with Crippen molar-refractivity contribution in [2.24, 2.45) is 0 Å². The Labute approximate surface area is 177 Å². The van der Waals surface area contributed by atoms with E-state index in [-0.39, 0.29) is 11.5 Å². The van der Waals surface area contributed by atoms with Crippen LogP contribution in [0.25, 0.3) is 11.0 Å². The highest BCUT2D eigenvalue weighted by atomic mass is 32.2. The fourth-order valence-corrected chi connectivity index (χ4v) is 4.62. The zero-order valence-electron chi connectivity index (χ0n) is 18.3. The van der Waals surface area contributed by atoms with Gasteiger partial charge in [0.25, 0.3) is 0 Å². The van der Waals surface area contributed by atoms with Crippen LogP contribution < -0.4 is 0 Å². The van der Waals surface area contributed by atoms with Crippen molar-refractivity contribution in [1.82, 2.24) is 18.4 Å². The van der Waals surface area contributed by atoms with Crippen LogP contribution in [0.5, 0.6) is 0 Å². The maximum Gasteiger partial charge on any atom is 0.340 e. The number of esters is 1. The molecule has 9 heteroatoms. The molecule has 0 N–H and O–H groups in total. The van der Waals surface area contributed by atoms with Crippen LogP contribution in [0.4, 0.5) is 0 Å². The summed E-state index contributed by atoms with van der Waals surface area (Å²) in [6.45, 7) is 9.27. The van der Waals surface area contributed by atoms with Gasteiger partial charge in [0.1, 0.15) is 12.4 Å². The average Bonchev–Trinajstić information content (AvgIpc) is 3.20. The quantitative estimate of drug-likeness (QED) is 0.536. The minimum Gasteiger partial charge on any atom is -0.454 e. The molecule has 0 aliphatic heterocycles. The van der Waals surface area contributed by atoms with Crippen LogP contribution in [0.15, 0.2) is 29.2 Å². The van der Waals surface area contributed by atoms with Crippen LogP contribution in [0.1, 0.15) is 41.4 Å². The number of benzene rings is 1. The Morgan fingerprint density at radius 3 is 2.33 bits per heavy atom. The number of hydrogen-bond acceptors (Lipinski definition) is 5. The molecule has 3 aromatic rings. The Bertz CT molecular complexity index is 1210. The van der Waals surface area contributed by atoms with Gasteiger partial charge in [0.15, 0.2) is 0 Å². The highest BCUT2D eigenvalue weighted by molar-refractivity contribution is 7.89. The molecule has 2 aromatic heterocycles. The van der Waals surface area contributed by atoms with Gasteiger partial charge in [0, 0.05) is 38.6 Å². The molecule has 8 nitrogen and oxygen atoms in total. The van der Waals surface area contributed by atoms with Crippen molar-refractivity contribution in [2.45, 2.75) is 52.3 Å². The van der Waals surface area contributed by atoms with Gasteiger partial charge in [-0.25, -0.2) is 22.5 Å². The highest BCUT2D eigenvalue weighted by Gasteiger charge is 2.21. The summed E-state index contributed by atoms with van der Waals surface area (Å²) in [7, 11) is -0.572. The molecule has 0 spiro atoms. The van der Waals surface area contributed by atoms with E-state index in [0.717, 1.165) is 23.4 Å². The number of hydrogen-bond donors (Lipinski definition) is 0. The number of ether oxygens (including phenoxy) is 1. The largest absolute Gasteiger partial charge is 0.454 e. The lowest BCUT2D eigenvalue weighted by molar-refractivity contribution is 0.0457. The van der Waals surface area contributed by atoms with Crippen molar-refractivity contribution in [3.8, 4) is 0 Å². The topological polar surface area (TPSA) is 86.4 Å². The first-order valence-electron chi connectivity index (χ1n) is 9.87. The van der Waals surface area contributed by atoms with E-state index in [0.29, 0.717) is 23.4 Å². The Hall–Kier alpha value is -2.65. The van der Waals surface area contributed by atoms with Crippen LogP contribution in [0.3, 0.4) is 0 Å². The summed E-state index contributed by atoms with van der Waals surface area (Å²) in [5.41, 5.74) is 3.79. The molecular weight excluding hydrogens is 404 g/mol. The summed E-state index contributed by atoms with van der Waals surface area (Å²) >= 11 is 0. The molecule has 0 atom stereocenters. The SMILES string of the molecule is CCn1c(C)cc(C(=O)OCc2nc3cc(S(=O)(=O)N(C)C)ccc3n2CC)c1C. The number of carbonyl (C=O) groups is 1. The smallest absolute Gasteiger partial charge is 0.340 e. The molecule has 0 amide bonds. The van der Waals surface area contributed by atoms with Crippen molar-refractivity contribution >= 4 is 27.0 Å². The second-order valence-corrected chi connectivity index (χ2v) is 9.47. The van der Waals surface area contributed by atoms with Crippen molar-refractivity contribution < 1.29 is 17.9 Å². The van der Waals surface area contributed by atoms with Gasteiger partial charge in [-0.1, -0.05) is 0 Å².